The monoisotopic (exact) mass is 400 g/mol. The molecular formula is C21H11Cl3O2. The minimum absolute atomic E-state index is 0.291. The highest BCUT2D eigenvalue weighted by Crippen LogP contribution is 2.39. The van der Waals surface area contributed by atoms with Gasteiger partial charge in [0.25, 0.3) is 0 Å². The molecule has 0 saturated heterocycles. The largest absolute Gasteiger partial charge is 0.421 e. The van der Waals surface area contributed by atoms with Crippen molar-refractivity contribution in [3.63, 3.8) is 0 Å². The molecule has 0 unspecified atom stereocenters. The molecule has 26 heavy (non-hydrogen) atoms. The van der Waals surface area contributed by atoms with Crippen LogP contribution in [0.4, 0.5) is 0 Å². The maximum atomic E-state index is 12.8. The molecule has 0 aliphatic carbocycles. The van der Waals surface area contributed by atoms with Gasteiger partial charge in [0.05, 0.1) is 10.6 Å². The van der Waals surface area contributed by atoms with Crippen molar-refractivity contribution in [1.82, 2.24) is 0 Å². The lowest BCUT2D eigenvalue weighted by Gasteiger charge is -2.13. The number of hydrogen-bond acceptors (Lipinski definition) is 2. The van der Waals surface area contributed by atoms with Crippen molar-refractivity contribution >= 4 is 45.8 Å². The van der Waals surface area contributed by atoms with Crippen molar-refractivity contribution in [1.29, 1.82) is 0 Å². The fourth-order valence-corrected chi connectivity index (χ4v) is 3.67. The van der Waals surface area contributed by atoms with Gasteiger partial charge in [-0.2, -0.15) is 0 Å². The molecule has 3 aromatic carbocycles. The zero-order valence-electron chi connectivity index (χ0n) is 13.3. The van der Waals surface area contributed by atoms with Gasteiger partial charge < -0.3 is 4.42 Å². The summed E-state index contributed by atoms with van der Waals surface area (Å²) in [5.41, 5.74) is 2.60. The van der Waals surface area contributed by atoms with E-state index in [0.29, 0.717) is 37.2 Å². The van der Waals surface area contributed by atoms with Crippen molar-refractivity contribution < 1.29 is 4.42 Å². The molecule has 2 nitrogen and oxygen atoms in total. The quantitative estimate of drug-likeness (QED) is 0.336. The van der Waals surface area contributed by atoms with Crippen LogP contribution in [0.1, 0.15) is 0 Å². The average Bonchev–Trinajstić information content (AvgIpc) is 2.63. The minimum Gasteiger partial charge on any atom is -0.421 e. The minimum atomic E-state index is -0.460. The second-order valence-corrected chi connectivity index (χ2v) is 7.06. The Hall–Kier alpha value is -2.26. The van der Waals surface area contributed by atoms with Gasteiger partial charge >= 0.3 is 5.63 Å². The molecule has 0 aliphatic rings. The Labute approximate surface area is 164 Å². The first kappa shape index (κ1) is 17.2. The lowest BCUT2D eigenvalue weighted by atomic mass is 9.93. The van der Waals surface area contributed by atoms with Crippen LogP contribution in [0.3, 0.4) is 0 Å². The van der Waals surface area contributed by atoms with Gasteiger partial charge in [-0.05, 0) is 35.4 Å². The van der Waals surface area contributed by atoms with Crippen molar-refractivity contribution in [2.45, 2.75) is 0 Å². The van der Waals surface area contributed by atoms with E-state index in [-0.39, 0.29) is 0 Å². The summed E-state index contributed by atoms with van der Waals surface area (Å²) in [5, 5.41) is 2.03. The molecule has 0 bridgehead atoms. The van der Waals surface area contributed by atoms with E-state index < -0.39 is 5.63 Å². The summed E-state index contributed by atoms with van der Waals surface area (Å²) < 4.78 is 5.55. The third-order valence-corrected chi connectivity index (χ3v) is 4.87. The summed E-state index contributed by atoms with van der Waals surface area (Å²) in [6, 6.07) is 19.9. The van der Waals surface area contributed by atoms with E-state index in [0.717, 1.165) is 11.1 Å². The van der Waals surface area contributed by atoms with Crippen LogP contribution in [0.25, 0.3) is 33.2 Å². The Morgan fingerprint density at radius 2 is 1.35 bits per heavy atom. The second-order valence-electron chi connectivity index (χ2n) is 5.78. The zero-order valence-corrected chi connectivity index (χ0v) is 15.6. The first-order valence-electron chi connectivity index (χ1n) is 7.82. The summed E-state index contributed by atoms with van der Waals surface area (Å²) >= 11 is 18.5. The molecule has 0 amide bonds. The SMILES string of the molecule is O=c1oc2c(Cl)cc(Cl)cc2c(-c2ccc(Cl)cc2)c1-c1ccccc1. The first-order chi connectivity index (χ1) is 12.5. The van der Waals surface area contributed by atoms with Gasteiger partial charge in [0, 0.05) is 21.0 Å². The van der Waals surface area contributed by atoms with Gasteiger partial charge in [-0.15, -0.1) is 0 Å². The zero-order chi connectivity index (χ0) is 18.3. The Balaban J connectivity index is 2.20. The van der Waals surface area contributed by atoms with Gasteiger partial charge in [-0.3, -0.25) is 0 Å². The Bertz CT molecular complexity index is 1160. The average molecular weight is 402 g/mol. The van der Waals surface area contributed by atoms with E-state index in [1.54, 1.807) is 24.3 Å². The number of hydrogen-bond donors (Lipinski definition) is 0. The van der Waals surface area contributed by atoms with Crippen molar-refractivity contribution in [2.75, 3.05) is 0 Å². The predicted molar refractivity (Wildman–Crippen MR) is 108 cm³/mol. The van der Waals surface area contributed by atoms with Gasteiger partial charge in [0.15, 0.2) is 5.58 Å². The maximum absolute atomic E-state index is 12.8. The molecule has 0 fully saturated rings. The standard InChI is InChI=1S/C21H11Cl3O2/c22-14-8-6-13(7-9-14)18-16-10-15(23)11-17(24)20(16)26-21(25)19(18)12-4-2-1-3-5-12/h1-11H. The van der Waals surface area contributed by atoms with Crippen LogP contribution in [0.5, 0.6) is 0 Å². The number of rotatable bonds is 2. The second kappa shape index (κ2) is 6.81. The molecule has 1 heterocycles. The fourth-order valence-electron chi connectivity index (χ4n) is 3.01. The molecule has 0 spiro atoms. The summed E-state index contributed by atoms with van der Waals surface area (Å²) in [6.45, 7) is 0. The topological polar surface area (TPSA) is 30.2 Å². The Morgan fingerprint density at radius 3 is 2.04 bits per heavy atom. The van der Waals surface area contributed by atoms with Crippen LogP contribution in [0.15, 0.2) is 75.9 Å². The molecule has 5 heteroatoms. The van der Waals surface area contributed by atoms with Crippen molar-refractivity contribution in [2.24, 2.45) is 0 Å². The summed E-state index contributed by atoms with van der Waals surface area (Å²) in [4.78, 5) is 12.8. The Morgan fingerprint density at radius 1 is 0.692 bits per heavy atom. The molecule has 0 aliphatic heterocycles. The molecule has 128 valence electrons. The van der Waals surface area contributed by atoms with E-state index in [4.69, 9.17) is 39.2 Å². The van der Waals surface area contributed by atoms with Crippen molar-refractivity contribution in [3.8, 4) is 22.3 Å². The van der Waals surface area contributed by atoms with Gasteiger partial charge in [-0.1, -0.05) is 77.3 Å². The first-order valence-corrected chi connectivity index (χ1v) is 8.95. The molecule has 1 aromatic heterocycles. The molecular weight excluding hydrogens is 391 g/mol. The van der Waals surface area contributed by atoms with Crippen LogP contribution in [-0.4, -0.2) is 0 Å². The van der Waals surface area contributed by atoms with E-state index in [1.165, 1.54) is 0 Å². The van der Waals surface area contributed by atoms with E-state index in [9.17, 15) is 4.79 Å². The molecule has 4 rings (SSSR count). The summed E-state index contributed by atoms with van der Waals surface area (Å²) in [5.74, 6) is 0. The van der Waals surface area contributed by atoms with Crippen LogP contribution < -0.4 is 5.63 Å². The molecule has 0 saturated carbocycles. The smallest absolute Gasteiger partial charge is 0.344 e. The highest BCUT2D eigenvalue weighted by molar-refractivity contribution is 6.38. The highest BCUT2D eigenvalue weighted by Gasteiger charge is 2.20. The molecule has 4 aromatic rings. The normalized spacial score (nSPS) is 11.0. The molecule has 0 N–H and O–H groups in total. The number of benzene rings is 3. The fraction of sp³-hybridized carbons (Fsp3) is 0. The lowest BCUT2D eigenvalue weighted by Crippen LogP contribution is -2.06. The van der Waals surface area contributed by atoms with Crippen LogP contribution in [-0.2, 0) is 0 Å². The van der Waals surface area contributed by atoms with Crippen LogP contribution in [0, 0.1) is 0 Å². The third-order valence-electron chi connectivity index (χ3n) is 4.12. The van der Waals surface area contributed by atoms with E-state index in [1.807, 2.05) is 42.5 Å². The van der Waals surface area contributed by atoms with E-state index >= 15 is 0 Å². The van der Waals surface area contributed by atoms with E-state index in [2.05, 4.69) is 0 Å². The van der Waals surface area contributed by atoms with Gasteiger partial charge in [0.1, 0.15) is 0 Å². The molecule has 0 atom stereocenters. The van der Waals surface area contributed by atoms with Crippen LogP contribution in [0.2, 0.25) is 15.1 Å². The number of halogens is 3. The molecule has 0 radical (unpaired) electrons. The highest BCUT2D eigenvalue weighted by atomic mass is 35.5. The van der Waals surface area contributed by atoms with Gasteiger partial charge in [-0.25, -0.2) is 4.79 Å². The summed E-state index contributed by atoms with van der Waals surface area (Å²) in [6.07, 6.45) is 0. The maximum Gasteiger partial charge on any atom is 0.344 e. The van der Waals surface area contributed by atoms with Crippen LogP contribution >= 0.6 is 34.8 Å². The van der Waals surface area contributed by atoms with Crippen molar-refractivity contribution in [3.05, 3.63) is 92.2 Å². The Kier molecular flexibility index (Phi) is 4.49. The predicted octanol–water partition coefficient (Wildman–Crippen LogP) is 7.09. The van der Waals surface area contributed by atoms with Gasteiger partial charge in [0.2, 0.25) is 0 Å². The third kappa shape index (κ3) is 3.01. The number of fused-ring (bicyclic) bond motifs is 1. The summed E-state index contributed by atoms with van der Waals surface area (Å²) in [7, 11) is 0. The lowest BCUT2D eigenvalue weighted by molar-refractivity contribution is 0.564.